The molecule has 1 aromatic heterocycles. The number of nitrogens with zero attached hydrogens (tertiary/aromatic N) is 1. The lowest BCUT2D eigenvalue weighted by Crippen LogP contribution is -2.20. The van der Waals surface area contributed by atoms with E-state index in [1.54, 1.807) is 19.1 Å². The summed E-state index contributed by atoms with van der Waals surface area (Å²) in [6, 6.07) is 7.05. The van der Waals surface area contributed by atoms with Gasteiger partial charge in [0.1, 0.15) is 16.8 Å². The van der Waals surface area contributed by atoms with Crippen molar-refractivity contribution in [2.75, 3.05) is 5.32 Å². The van der Waals surface area contributed by atoms with Crippen molar-refractivity contribution in [3.8, 4) is 0 Å². The number of ketones is 1. The molecule has 0 saturated carbocycles. The zero-order valence-electron chi connectivity index (χ0n) is 14.3. The van der Waals surface area contributed by atoms with Gasteiger partial charge in [-0.15, -0.1) is 0 Å². The molecule has 3 aromatic rings. The molecule has 0 unspecified atom stereocenters. The third-order valence-corrected chi connectivity index (χ3v) is 4.77. The number of hydrogen-bond donors (Lipinski definition) is 2. The molecule has 2 N–H and O–H groups in total. The van der Waals surface area contributed by atoms with Crippen molar-refractivity contribution in [3.05, 3.63) is 71.3 Å². The van der Waals surface area contributed by atoms with Gasteiger partial charge in [-0.3, -0.25) is 19.7 Å². The summed E-state index contributed by atoms with van der Waals surface area (Å²) in [7, 11) is 0. The fourth-order valence-corrected chi connectivity index (χ4v) is 3.53. The van der Waals surface area contributed by atoms with Crippen LogP contribution in [-0.2, 0) is 0 Å². The second-order valence-corrected chi connectivity index (χ2v) is 7.12. The Bertz CT molecular complexity index is 1170. The van der Waals surface area contributed by atoms with Crippen LogP contribution in [0.5, 0.6) is 0 Å². The zero-order valence-corrected chi connectivity index (χ0v) is 16.6. The van der Waals surface area contributed by atoms with Gasteiger partial charge in [0.05, 0.1) is 15.5 Å². The van der Waals surface area contributed by atoms with Crippen molar-refractivity contribution >= 4 is 68.7 Å². The number of aromatic nitrogens is 1. The highest BCUT2D eigenvalue weighted by atomic mass is 35.5. The van der Waals surface area contributed by atoms with Gasteiger partial charge in [0.25, 0.3) is 5.69 Å². The minimum Gasteiger partial charge on any atom is -0.341 e. The Kier molecular flexibility index (Phi) is 5.60. The van der Waals surface area contributed by atoms with E-state index in [1.165, 1.54) is 12.1 Å². The summed E-state index contributed by atoms with van der Waals surface area (Å²) >= 11 is 18.1. The van der Waals surface area contributed by atoms with E-state index in [9.17, 15) is 19.7 Å². The van der Waals surface area contributed by atoms with Crippen molar-refractivity contribution < 1.29 is 9.72 Å². The van der Waals surface area contributed by atoms with E-state index in [2.05, 4.69) is 10.3 Å². The molecule has 2 aromatic carbocycles. The molecule has 0 bridgehead atoms. The number of benzene rings is 2. The van der Waals surface area contributed by atoms with Crippen LogP contribution in [0.3, 0.4) is 0 Å². The Balaban J connectivity index is 2.35. The minimum absolute atomic E-state index is 0.0218. The first kappa shape index (κ1) is 20.1. The largest absolute Gasteiger partial charge is 0.341 e. The lowest BCUT2D eigenvalue weighted by atomic mass is 10.0. The molecule has 0 aliphatic rings. The number of fused-ring (bicyclic) bond motifs is 1. The average Bonchev–Trinajstić information content (AvgIpc) is 2.61. The number of aromatic amines is 1. The molecule has 0 fully saturated rings. The third kappa shape index (κ3) is 3.69. The number of Topliss-reactive ketones (excluding diaryl/α,β-unsaturated/α-hetero) is 1. The van der Waals surface area contributed by atoms with Crippen LogP contribution in [-0.4, -0.2) is 15.7 Å². The van der Waals surface area contributed by atoms with Crippen molar-refractivity contribution in [1.29, 1.82) is 0 Å². The van der Waals surface area contributed by atoms with Crippen LogP contribution in [0.2, 0.25) is 15.1 Å². The highest BCUT2D eigenvalue weighted by Gasteiger charge is 2.25. The highest BCUT2D eigenvalue weighted by Crippen LogP contribution is 2.32. The van der Waals surface area contributed by atoms with Gasteiger partial charge in [0.15, 0.2) is 5.78 Å². The highest BCUT2D eigenvalue weighted by molar-refractivity contribution is 6.36. The van der Waals surface area contributed by atoms with Gasteiger partial charge in [-0.05, 0) is 24.3 Å². The second-order valence-electron chi connectivity index (χ2n) is 5.84. The van der Waals surface area contributed by atoms with E-state index >= 15 is 0 Å². The predicted octanol–water partition coefficient (Wildman–Crippen LogP) is 5.73. The summed E-state index contributed by atoms with van der Waals surface area (Å²) in [4.78, 5) is 39.0. The average molecular weight is 441 g/mol. The standard InChI is InChI=1S/C18H12Cl3N3O4/c1-2-13(25)15-17(26)14-12(24(27)28)4-3-11(21)16(14)23-18(15)22-10-6-8(19)5-9(20)7-10/h3-7H,2H2,1H3,(H2,22,23,26). The third-order valence-electron chi connectivity index (χ3n) is 4.02. The topological polar surface area (TPSA) is 105 Å². The Morgan fingerprint density at radius 3 is 2.39 bits per heavy atom. The molecule has 0 radical (unpaired) electrons. The number of non-ortho nitro benzene ring substituents is 1. The van der Waals surface area contributed by atoms with Crippen LogP contribution in [0.1, 0.15) is 23.7 Å². The molecular formula is C18H12Cl3N3O4. The number of carbonyl (C=O) groups excluding carboxylic acids is 1. The van der Waals surface area contributed by atoms with Gasteiger partial charge in [-0.25, -0.2) is 0 Å². The second kappa shape index (κ2) is 7.79. The van der Waals surface area contributed by atoms with Gasteiger partial charge >= 0.3 is 0 Å². The SMILES string of the molecule is CCC(=O)c1c(Nc2cc(Cl)cc(Cl)c2)[nH]c2c(Cl)ccc([N+](=O)[O-])c2c1=O. The molecule has 10 heteroatoms. The fourth-order valence-electron chi connectivity index (χ4n) is 2.80. The lowest BCUT2D eigenvalue weighted by Gasteiger charge is -2.14. The van der Waals surface area contributed by atoms with Gasteiger partial charge in [0, 0.05) is 28.2 Å². The first-order valence-corrected chi connectivity index (χ1v) is 9.15. The first-order valence-electron chi connectivity index (χ1n) is 8.02. The van der Waals surface area contributed by atoms with Gasteiger partial charge in [-0.2, -0.15) is 0 Å². The number of hydrogen-bond acceptors (Lipinski definition) is 5. The summed E-state index contributed by atoms with van der Waals surface area (Å²) in [5.41, 5.74) is -1.01. The summed E-state index contributed by atoms with van der Waals surface area (Å²) in [5.74, 6) is -0.446. The number of nitro benzene ring substituents is 1. The number of halogens is 3. The Morgan fingerprint density at radius 1 is 1.18 bits per heavy atom. The van der Waals surface area contributed by atoms with Crippen LogP contribution < -0.4 is 10.7 Å². The van der Waals surface area contributed by atoms with Crippen molar-refractivity contribution in [2.24, 2.45) is 0 Å². The molecule has 0 atom stereocenters. The molecule has 28 heavy (non-hydrogen) atoms. The molecule has 0 amide bonds. The molecule has 0 saturated heterocycles. The fraction of sp³-hybridized carbons (Fsp3) is 0.111. The Hall–Kier alpha value is -2.61. The van der Waals surface area contributed by atoms with Crippen LogP contribution in [0.25, 0.3) is 10.9 Å². The summed E-state index contributed by atoms with van der Waals surface area (Å²) < 4.78 is 0. The summed E-state index contributed by atoms with van der Waals surface area (Å²) in [5, 5.41) is 14.8. The van der Waals surface area contributed by atoms with E-state index in [-0.39, 0.29) is 33.7 Å². The minimum atomic E-state index is -0.787. The van der Waals surface area contributed by atoms with Crippen molar-refractivity contribution in [3.63, 3.8) is 0 Å². The molecule has 1 heterocycles. The number of H-pyrrole nitrogens is 1. The van der Waals surface area contributed by atoms with Crippen LogP contribution in [0, 0.1) is 10.1 Å². The van der Waals surface area contributed by atoms with Gasteiger partial charge in [0.2, 0.25) is 5.43 Å². The monoisotopic (exact) mass is 439 g/mol. The van der Waals surface area contributed by atoms with E-state index in [0.29, 0.717) is 15.7 Å². The Labute approximate surface area is 173 Å². The van der Waals surface area contributed by atoms with Crippen LogP contribution in [0.4, 0.5) is 17.2 Å². The molecule has 0 aliphatic heterocycles. The number of anilines is 2. The van der Waals surface area contributed by atoms with E-state index in [0.717, 1.165) is 6.07 Å². The number of rotatable bonds is 5. The van der Waals surface area contributed by atoms with Crippen LogP contribution in [0.15, 0.2) is 35.1 Å². The van der Waals surface area contributed by atoms with Crippen molar-refractivity contribution in [2.45, 2.75) is 13.3 Å². The predicted molar refractivity (Wildman–Crippen MR) is 111 cm³/mol. The van der Waals surface area contributed by atoms with Crippen molar-refractivity contribution in [1.82, 2.24) is 4.98 Å². The lowest BCUT2D eigenvalue weighted by molar-refractivity contribution is -0.383. The maximum atomic E-state index is 13.1. The molecular weight excluding hydrogens is 429 g/mol. The van der Waals surface area contributed by atoms with Crippen LogP contribution >= 0.6 is 34.8 Å². The number of nitrogens with one attached hydrogen (secondary N) is 2. The van der Waals surface area contributed by atoms with E-state index < -0.39 is 21.8 Å². The first-order chi connectivity index (χ1) is 13.2. The molecule has 3 rings (SSSR count). The maximum absolute atomic E-state index is 13.1. The summed E-state index contributed by atoms with van der Waals surface area (Å²) in [6.07, 6.45) is 0.0218. The van der Waals surface area contributed by atoms with Gasteiger partial charge in [-0.1, -0.05) is 41.7 Å². The normalized spacial score (nSPS) is 10.9. The smallest absolute Gasteiger partial charge is 0.282 e. The number of pyridine rings is 1. The molecule has 0 spiro atoms. The quantitative estimate of drug-likeness (QED) is 0.299. The Morgan fingerprint density at radius 2 is 1.82 bits per heavy atom. The van der Waals surface area contributed by atoms with E-state index in [4.69, 9.17) is 34.8 Å². The molecule has 0 aliphatic carbocycles. The number of carbonyl (C=O) groups is 1. The number of nitro groups is 1. The molecule has 144 valence electrons. The maximum Gasteiger partial charge on any atom is 0.282 e. The molecule has 7 nitrogen and oxygen atoms in total. The van der Waals surface area contributed by atoms with E-state index in [1.807, 2.05) is 0 Å². The summed E-state index contributed by atoms with van der Waals surface area (Å²) in [6.45, 7) is 1.58. The van der Waals surface area contributed by atoms with Gasteiger partial charge < -0.3 is 10.3 Å². The zero-order chi connectivity index (χ0) is 20.6.